The third kappa shape index (κ3) is 5.39. The number of fused-ring (bicyclic) bond motifs is 1. The number of carbonyl (C=O) groups is 1. The molecule has 0 aliphatic rings. The Morgan fingerprint density at radius 3 is 2.39 bits per heavy atom. The van der Waals surface area contributed by atoms with E-state index in [4.69, 9.17) is 9.47 Å². The lowest BCUT2D eigenvalue weighted by Gasteiger charge is -2.09. The van der Waals surface area contributed by atoms with Gasteiger partial charge in [-0.15, -0.1) is 0 Å². The van der Waals surface area contributed by atoms with Gasteiger partial charge >= 0.3 is 0 Å². The van der Waals surface area contributed by atoms with Gasteiger partial charge in [0.1, 0.15) is 18.1 Å². The highest BCUT2D eigenvalue weighted by atomic mass is 16.5. The quantitative estimate of drug-likeness (QED) is 0.452. The minimum absolute atomic E-state index is 0.101. The molecule has 5 nitrogen and oxygen atoms in total. The van der Waals surface area contributed by atoms with E-state index in [9.17, 15) is 4.79 Å². The minimum atomic E-state index is -0.101. The van der Waals surface area contributed by atoms with Crippen LogP contribution in [0.4, 0.5) is 0 Å². The molecule has 0 aliphatic carbocycles. The number of carbonyl (C=O) groups excluding carboxylic acids is 1. The van der Waals surface area contributed by atoms with Gasteiger partial charge in [0.05, 0.1) is 18.3 Å². The maximum absolute atomic E-state index is 12.4. The molecule has 0 radical (unpaired) electrons. The van der Waals surface area contributed by atoms with Crippen LogP contribution in [0, 0.1) is 0 Å². The summed E-state index contributed by atoms with van der Waals surface area (Å²) in [6.45, 7) is 0.940. The number of nitrogens with zero attached hydrogens (tertiary/aromatic N) is 1. The van der Waals surface area contributed by atoms with E-state index in [0.29, 0.717) is 24.5 Å². The lowest BCUT2D eigenvalue weighted by molar-refractivity contribution is 0.0954. The zero-order valence-electron chi connectivity index (χ0n) is 17.4. The van der Waals surface area contributed by atoms with Crippen LogP contribution in [-0.2, 0) is 13.0 Å². The van der Waals surface area contributed by atoms with Crippen molar-refractivity contribution >= 4 is 16.8 Å². The molecule has 1 heterocycles. The highest BCUT2D eigenvalue weighted by Crippen LogP contribution is 2.16. The molecule has 0 saturated heterocycles. The number of ether oxygens (including phenoxy) is 2. The lowest BCUT2D eigenvalue weighted by atomic mass is 10.1. The molecule has 0 aliphatic heterocycles. The average Bonchev–Trinajstić information content (AvgIpc) is 2.83. The van der Waals surface area contributed by atoms with Gasteiger partial charge < -0.3 is 14.8 Å². The third-order valence-electron chi connectivity index (χ3n) is 5.02. The first-order valence-corrected chi connectivity index (χ1v) is 10.2. The molecule has 1 amide bonds. The highest BCUT2D eigenvalue weighted by Gasteiger charge is 2.06. The summed E-state index contributed by atoms with van der Waals surface area (Å²) in [6, 6.07) is 27.0. The largest absolute Gasteiger partial charge is 0.497 e. The van der Waals surface area contributed by atoms with Crippen molar-refractivity contribution in [2.45, 2.75) is 13.0 Å². The summed E-state index contributed by atoms with van der Waals surface area (Å²) >= 11 is 0. The topological polar surface area (TPSA) is 60.5 Å². The minimum Gasteiger partial charge on any atom is -0.497 e. The molecule has 0 unspecified atom stereocenters. The molecule has 0 spiro atoms. The second-order valence-electron chi connectivity index (χ2n) is 7.16. The Bertz CT molecular complexity index is 1160. The zero-order valence-corrected chi connectivity index (χ0v) is 17.4. The maximum atomic E-state index is 12.4. The predicted molar refractivity (Wildman–Crippen MR) is 122 cm³/mol. The number of amides is 1. The first-order valence-electron chi connectivity index (χ1n) is 10.2. The van der Waals surface area contributed by atoms with Crippen LogP contribution in [0.5, 0.6) is 11.5 Å². The van der Waals surface area contributed by atoms with Crippen LogP contribution in [-0.4, -0.2) is 24.5 Å². The van der Waals surface area contributed by atoms with E-state index in [0.717, 1.165) is 34.3 Å². The summed E-state index contributed by atoms with van der Waals surface area (Å²) in [4.78, 5) is 17.0. The first kappa shape index (κ1) is 20.4. The van der Waals surface area contributed by atoms with Crippen LogP contribution in [0.1, 0.15) is 21.6 Å². The van der Waals surface area contributed by atoms with Crippen molar-refractivity contribution in [2.75, 3.05) is 13.7 Å². The molecule has 4 aromatic rings. The summed E-state index contributed by atoms with van der Waals surface area (Å²) in [7, 11) is 1.64. The number of hydrogen-bond donors (Lipinski definition) is 1. The fraction of sp³-hybridized carbons (Fsp3) is 0.154. The monoisotopic (exact) mass is 412 g/mol. The third-order valence-corrected chi connectivity index (χ3v) is 5.02. The summed E-state index contributed by atoms with van der Waals surface area (Å²) in [5, 5.41) is 4.05. The van der Waals surface area contributed by atoms with E-state index in [1.54, 1.807) is 31.4 Å². The molecular weight excluding hydrogens is 388 g/mol. The van der Waals surface area contributed by atoms with Crippen molar-refractivity contribution in [1.82, 2.24) is 10.3 Å². The van der Waals surface area contributed by atoms with Crippen molar-refractivity contribution in [3.05, 3.63) is 102 Å². The van der Waals surface area contributed by atoms with Gasteiger partial charge in [-0.25, -0.2) is 4.98 Å². The SMILES string of the molecule is COc1ccc(CCNC(=O)c2ccc(OCc3ccc4ccccc4n3)cc2)cc1. The van der Waals surface area contributed by atoms with Gasteiger partial charge in [0.2, 0.25) is 0 Å². The molecule has 31 heavy (non-hydrogen) atoms. The van der Waals surface area contributed by atoms with Gasteiger partial charge in [0.25, 0.3) is 5.91 Å². The van der Waals surface area contributed by atoms with Gasteiger partial charge in [-0.3, -0.25) is 4.79 Å². The lowest BCUT2D eigenvalue weighted by Crippen LogP contribution is -2.25. The Morgan fingerprint density at radius 1 is 0.871 bits per heavy atom. The number of nitrogens with one attached hydrogen (secondary N) is 1. The molecule has 4 rings (SSSR count). The molecule has 0 saturated carbocycles. The molecule has 156 valence electrons. The van der Waals surface area contributed by atoms with E-state index >= 15 is 0 Å². The second kappa shape index (κ2) is 9.76. The fourth-order valence-corrected chi connectivity index (χ4v) is 3.26. The van der Waals surface area contributed by atoms with Crippen molar-refractivity contribution < 1.29 is 14.3 Å². The van der Waals surface area contributed by atoms with Crippen LogP contribution in [0.15, 0.2) is 84.9 Å². The van der Waals surface area contributed by atoms with Crippen LogP contribution in [0.3, 0.4) is 0 Å². The number of rotatable bonds is 8. The highest BCUT2D eigenvalue weighted by molar-refractivity contribution is 5.94. The van der Waals surface area contributed by atoms with Crippen molar-refractivity contribution in [2.24, 2.45) is 0 Å². The molecule has 0 atom stereocenters. The number of aromatic nitrogens is 1. The Hall–Kier alpha value is -3.86. The Kier molecular flexibility index (Phi) is 6.43. The van der Waals surface area contributed by atoms with Crippen LogP contribution in [0.2, 0.25) is 0 Å². The molecule has 1 aromatic heterocycles. The molecular formula is C26H24N2O3. The number of para-hydroxylation sites is 1. The maximum Gasteiger partial charge on any atom is 0.251 e. The number of pyridine rings is 1. The van der Waals surface area contributed by atoms with E-state index in [-0.39, 0.29) is 5.91 Å². The second-order valence-corrected chi connectivity index (χ2v) is 7.16. The molecule has 3 aromatic carbocycles. The average molecular weight is 412 g/mol. The van der Waals surface area contributed by atoms with Crippen molar-refractivity contribution in [1.29, 1.82) is 0 Å². The van der Waals surface area contributed by atoms with E-state index < -0.39 is 0 Å². The van der Waals surface area contributed by atoms with Crippen LogP contribution in [0.25, 0.3) is 10.9 Å². The van der Waals surface area contributed by atoms with Crippen molar-refractivity contribution in [3.63, 3.8) is 0 Å². The molecule has 0 fully saturated rings. The van der Waals surface area contributed by atoms with Gasteiger partial charge in [-0.2, -0.15) is 0 Å². The van der Waals surface area contributed by atoms with Crippen molar-refractivity contribution in [3.8, 4) is 11.5 Å². The molecule has 0 bridgehead atoms. The van der Waals surface area contributed by atoms with E-state index in [1.807, 2.05) is 60.7 Å². The standard InChI is InChI=1S/C26H24N2O3/c1-30-23-12-6-19(7-13-23)16-17-27-26(29)21-9-14-24(15-10-21)31-18-22-11-8-20-4-2-3-5-25(20)28-22/h2-15H,16-18H2,1H3,(H,27,29). The summed E-state index contributed by atoms with van der Waals surface area (Å²) in [5.41, 5.74) is 3.56. The molecule has 5 heteroatoms. The zero-order chi connectivity index (χ0) is 21.5. The smallest absolute Gasteiger partial charge is 0.251 e. The van der Waals surface area contributed by atoms with E-state index in [2.05, 4.69) is 10.3 Å². The number of hydrogen-bond acceptors (Lipinski definition) is 4. The fourth-order valence-electron chi connectivity index (χ4n) is 3.26. The number of benzene rings is 3. The predicted octanol–water partition coefficient (Wildman–Crippen LogP) is 4.79. The van der Waals surface area contributed by atoms with Crippen LogP contribution < -0.4 is 14.8 Å². The normalized spacial score (nSPS) is 10.6. The van der Waals surface area contributed by atoms with Crippen LogP contribution >= 0.6 is 0 Å². The van der Waals surface area contributed by atoms with Gasteiger partial charge in [-0.1, -0.05) is 36.4 Å². The Morgan fingerprint density at radius 2 is 1.61 bits per heavy atom. The Labute approximate surface area is 181 Å². The van der Waals surface area contributed by atoms with Gasteiger partial charge in [-0.05, 0) is 60.5 Å². The first-order chi connectivity index (χ1) is 15.2. The van der Waals surface area contributed by atoms with E-state index in [1.165, 1.54) is 0 Å². The molecule has 1 N–H and O–H groups in total. The summed E-state index contributed by atoms with van der Waals surface area (Å²) in [5.74, 6) is 1.42. The Balaban J connectivity index is 1.27. The van der Waals surface area contributed by atoms with Gasteiger partial charge in [0.15, 0.2) is 0 Å². The summed E-state index contributed by atoms with van der Waals surface area (Å²) in [6.07, 6.45) is 0.760. The summed E-state index contributed by atoms with van der Waals surface area (Å²) < 4.78 is 11.0. The number of methoxy groups -OCH3 is 1. The van der Waals surface area contributed by atoms with Gasteiger partial charge in [0, 0.05) is 17.5 Å².